The van der Waals surface area contributed by atoms with Gasteiger partial charge in [-0.15, -0.1) is 0 Å². The van der Waals surface area contributed by atoms with Crippen LogP contribution in [0.4, 0.5) is 4.39 Å². The standard InChI is InChI=1S/C20H20Cl2FN3O7S2/c1-34(30,31)25-8-9-26(35(32,33)14-6-7-15(21)16(22)10-14)20(25)19(29)24-17(11-18(27)28)12-2-4-13(23)5-3-12/h2-7,10,17,20H,8-9,11H2,1H3,(H,24,29)(H,27,28). The van der Waals surface area contributed by atoms with Gasteiger partial charge >= 0.3 is 5.97 Å². The molecule has 2 atom stereocenters. The van der Waals surface area contributed by atoms with Crippen LogP contribution in [0.2, 0.25) is 10.0 Å². The highest BCUT2D eigenvalue weighted by Crippen LogP contribution is 2.31. The minimum absolute atomic E-state index is 0.0641. The lowest BCUT2D eigenvalue weighted by Crippen LogP contribution is -2.54. The summed E-state index contributed by atoms with van der Waals surface area (Å²) < 4.78 is 66.2. The zero-order chi connectivity index (χ0) is 26.1. The summed E-state index contributed by atoms with van der Waals surface area (Å²) in [4.78, 5) is 24.4. The third kappa shape index (κ3) is 6.11. The second kappa shape index (κ2) is 10.4. The van der Waals surface area contributed by atoms with Gasteiger partial charge in [0, 0.05) is 13.1 Å². The van der Waals surface area contributed by atoms with Crippen molar-refractivity contribution in [2.45, 2.75) is 23.5 Å². The number of benzene rings is 2. The minimum Gasteiger partial charge on any atom is -0.481 e. The van der Waals surface area contributed by atoms with Gasteiger partial charge in [0.1, 0.15) is 5.82 Å². The minimum atomic E-state index is -4.44. The fourth-order valence-electron chi connectivity index (χ4n) is 3.59. The molecule has 2 unspecified atom stereocenters. The first-order valence-electron chi connectivity index (χ1n) is 9.93. The first-order valence-corrected chi connectivity index (χ1v) is 14.0. The van der Waals surface area contributed by atoms with E-state index >= 15 is 0 Å². The van der Waals surface area contributed by atoms with E-state index in [9.17, 15) is 35.9 Å². The van der Waals surface area contributed by atoms with Crippen LogP contribution in [0.1, 0.15) is 18.0 Å². The Kier molecular flexibility index (Phi) is 8.09. The number of sulfonamides is 2. The first-order chi connectivity index (χ1) is 16.2. The van der Waals surface area contributed by atoms with Crippen molar-refractivity contribution < 1.29 is 35.9 Å². The van der Waals surface area contributed by atoms with Crippen LogP contribution in [0.5, 0.6) is 0 Å². The van der Waals surface area contributed by atoms with Crippen molar-refractivity contribution in [3.05, 3.63) is 63.9 Å². The zero-order valence-corrected chi connectivity index (χ0v) is 21.2. The number of nitrogens with one attached hydrogen (secondary N) is 1. The number of halogens is 3. The molecule has 190 valence electrons. The Bertz CT molecular complexity index is 1360. The summed E-state index contributed by atoms with van der Waals surface area (Å²) >= 11 is 11.8. The summed E-state index contributed by atoms with van der Waals surface area (Å²) in [6.07, 6.45) is -1.65. The lowest BCUT2D eigenvalue weighted by atomic mass is 10.0. The molecule has 0 radical (unpaired) electrons. The fourth-order valence-corrected chi connectivity index (χ4v) is 6.57. The normalized spacial score (nSPS) is 18.3. The van der Waals surface area contributed by atoms with E-state index in [1.54, 1.807) is 0 Å². The molecule has 10 nitrogen and oxygen atoms in total. The molecular weight excluding hydrogens is 548 g/mol. The quantitative estimate of drug-likeness (QED) is 0.497. The fraction of sp³-hybridized carbons (Fsp3) is 0.300. The Morgan fingerprint density at radius 1 is 1.06 bits per heavy atom. The summed E-state index contributed by atoms with van der Waals surface area (Å²) in [5.41, 5.74) is 0.227. The van der Waals surface area contributed by atoms with Crippen LogP contribution < -0.4 is 5.32 Å². The molecule has 1 heterocycles. The Morgan fingerprint density at radius 2 is 1.66 bits per heavy atom. The highest BCUT2D eigenvalue weighted by molar-refractivity contribution is 7.89. The number of carbonyl (C=O) groups excluding carboxylic acids is 1. The highest BCUT2D eigenvalue weighted by atomic mass is 35.5. The van der Waals surface area contributed by atoms with Crippen molar-refractivity contribution >= 4 is 55.1 Å². The van der Waals surface area contributed by atoms with Crippen molar-refractivity contribution in [2.75, 3.05) is 19.3 Å². The van der Waals surface area contributed by atoms with E-state index in [2.05, 4.69) is 5.32 Å². The summed E-state index contributed by atoms with van der Waals surface area (Å²) in [7, 11) is -8.50. The van der Waals surface area contributed by atoms with Gasteiger partial charge in [-0.05, 0) is 35.9 Å². The number of hydrogen-bond acceptors (Lipinski definition) is 6. The van der Waals surface area contributed by atoms with Crippen LogP contribution in [0, 0.1) is 5.82 Å². The lowest BCUT2D eigenvalue weighted by Gasteiger charge is -2.29. The van der Waals surface area contributed by atoms with E-state index in [4.69, 9.17) is 23.2 Å². The molecule has 1 aliphatic heterocycles. The van der Waals surface area contributed by atoms with Crippen LogP contribution in [0.3, 0.4) is 0 Å². The molecule has 1 aliphatic rings. The maximum absolute atomic E-state index is 13.3. The molecule has 35 heavy (non-hydrogen) atoms. The van der Waals surface area contributed by atoms with Gasteiger partial charge in [-0.3, -0.25) is 9.59 Å². The Morgan fingerprint density at radius 3 is 2.20 bits per heavy atom. The molecular formula is C20H20Cl2FN3O7S2. The number of carbonyl (C=O) groups is 2. The van der Waals surface area contributed by atoms with E-state index in [1.165, 1.54) is 18.2 Å². The molecule has 2 N–H and O–H groups in total. The highest BCUT2D eigenvalue weighted by Gasteiger charge is 2.48. The van der Waals surface area contributed by atoms with Crippen LogP contribution in [-0.2, 0) is 29.6 Å². The molecule has 0 aliphatic carbocycles. The van der Waals surface area contributed by atoms with Gasteiger partial charge in [-0.2, -0.15) is 8.61 Å². The molecule has 2 aromatic carbocycles. The van der Waals surface area contributed by atoms with Crippen molar-refractivity contribution in [1.82, 2.24) is 13.9 Å². The van der Waals surface area contributed by atoms with Gasteiger partial charge < -0.3 is 10.4 Å². The van der Waals surface area contributed by atoms with Gasteiger partial charge in [-0.25, -0.2) is 21.2 Å². The third-order valence-corrected chi connectivity index (χ3v) is 9.03. The smallest absolute Gasteiger partial charge is 0.305 e. The molecule has 1 saturated heterocycles. The number of rotatable bonds is 8. The lowest BCUT2D eigenvalue weighted by molar-refractivity contribution is -0.138. The summed E-state index contributed by atoms with van der Waals surface area (Å²) in [6, 6.07) is 6.93. The number of carboxylic acid groups (broad SMARTS) is 1. The molecule has 0 aromatic heterocycles. The topological polar surface area (TPSA) is 141 Å². The maximum atomic E-state index is 13.3. The van der Waals surface area contributed by atoms with Crippen LogP contribution in [0.25, 0.3) is 0 Å². The molecule has 0 spiro atoms. The van der Waals surface area contributed by atoms with Gasteiger partial charge in [-0.1, -0.05) is 35.3 Å². The van der Waals surface area contributed by atoms with Crippen LogP contribution in [-0.4, -0.2) is 67.9 Å². The Labute approximate surface area is 211 Å². The molecule has 0 saturated carbocycles. The number of aliphatic carboxylic acids is 1. The zero-order valence-electron chi connectivity index (χ0n) is 18.1. The summed E-state index contributed by atoms with van der Waals surface area (Å²) in [6.45, 7) is -0.675. The average molecular weight is 568 g/mol. The molecule has 1 amide bonds. The molecule has 15 heteroatoms. The third-order valence-electron chi connectivity index (χ3n) is 5.21. The summed E-state index contributed by atoms with van der Waals surface area (Å²) in [5, 5.41) is 11.7. The largest absolute Gasteiger partial charge is 0.481 e. The molecule has 2 aromatic rings. The summed E-state index contributed by atoms with van der Waals surface area (Å²) in [5.74, 6) is -2.97. The first kappa shape index (κ1) is 27.3. The molecule has 1 fully saturated rings. The van der Waals surface area contributed by atoms with E-state index in [1.807, 2.05) is 0 Å². The van der Waals surface area contributed by atoms with E-state index in [0.29, 0.717) is 8.61 Å². The van der Waals surface area contributed by atoms with Crippen molar-refractivity contribution in [2.24, 2.45) is 0 Å². The number of hydrogen-bond donors (Lipinski definition) is 2. The molecule has 3 rings (SSSR count). The predicted molar refractivity (Wildman–Crippen MR) is 125 cm³/mol. The average Bonchev–Trinajstić information content (AvgIpc) is 3.22. The van der Waals surface area contributed by atoms with Gasteiger partial charge in [0.25, 0.3) is 5.91 Å². The number of nitrogens with zero attached hydrogens (tertiary/aromatic N) is 2. The van der Waals surface area contributed by atoms with Gasteiger partial charge in [0.2, 0.25) is 20.0 Å². The Balaban J connectivity index is 2.01. The van der Waals surface area contributed by atoms with Gasteiger partial charge in [0.05, 0.1) is 33.7 Å². The maximum Gasteiger partial charge on any atom is 0.305 e. The van der Waals surface area contributed by atoms with E-state index in [-0.39, 0.29) is 33.6 Å². The SMILES string of the molecule is CS(=O)(=O)N1CCN(S(=O)(=O)c2ccc(Cl)c(Cl)c2)C1C(=O)NC(CC(=O)O)c1ccc(F)cc1. The van der Waals surface area contributed by atoms with Crippen LogP contribution >= 0.6 is 23.2 Å². The van der Waals surface area contributed by atoms with Crippen molar-refractivity contribution in [3.63, 3.8) is 0 Å². The van der Waals surface area contributed by atoms with Crippen molar-refractivity contribution in [1.29, 1.82) is 0 Å². The molecule has 0 bridgehead atoms. The van der Waals surface area contributed by atoms with Crippen molar-refractivity contribution in [3.8, 4) is 0 Å². The van der Waals surface area contributed by atoms with Crippen LogP contribution in [0.15, 0.2) is 47.4 Å². The van der Waals surface area contributed by atoms with E-state index < -0.39 is 56.4 Å². The second-order valence-electron chi connectivity index (χ2n) is 7.65. The second-order valence-corrected chi connectivity index (χ2v) is 12.3. The Hall–Kier alpha value is -2.29. The predicted octanol–water partition coefficient (Wildman–Crippen LogP) is 2.06. The number of carboxylic acids is 1. The van der Waals surface area contributed by atoms with E-state index in [0.717, 1.165) is 30.5 Å². The monoisotopic (exact) mass is 567 g/mol. The van der Waals surface area contributed by atoms with Gasteiger partial charge in [0.15, 0.2) is 6.17 Å². The number of amides is 1.